The van der Waals surface area contributed by atoms with Crippen molar-refractivity contribution in [1.29, 1.82) is 0 Å². The molecule has 12 nitrogen and oxygen atoms in total. The van der Waals surface area contributed by atoms with Crippen molar-refractivity contribution in [2.45, 2.75) is 18.9 Å². The van der Waals surface area contributed by atoms with Gasteiger partial charge in [0.15, 0.2) is 5.82 Å². The predicted molar refractivity (Wildman–Crippen MR) is 103 cm³/mol. The molecule has 5 rings (SSSR count). The van der Waals surface area contributed by atoms with Gasteiger partial charge >= 0.3 is 11.7 Å². The van der Waals surface area contributed by atoms with Crippen molar-refractivity contribution in [2.24, 2.45) is 0 Å². The third kappa shape index (κ3) is 3.10. The summed E-state index contributed by atoms with van der Waals surface area (Å²) in [6.07, 6.45) is 2.39. The number of nitrogens with one attached hydrogen (secondary N) is 2. The number of hydrogen-bond donors (Lipinski definition) is 4. The first-order chi connectivity index (χ1) is 14.9. The molecule has 156 valence electrons. The van der Waals surface area contributed by atoms with Crippen LogP contribution in [0, 0.1) is 0 Å². The first-order valence-electron chi connectivity index (χ1n) is 9.21. The van der Waals surface area contributed by atoms with Crippen LogP contribution < -0.4 is 11.1 Å². The molecule has 1 aliphatic carbocycles. The van der Waals surface area contributed by atoms with Crippen LogP contribution in [0.1, 0.15) is 44.6 Å². The molecule has 3 heterocycles. The molecule has 0 unspecified atom stereocenters. The molecule has 0 saturated carbocycles. The third-order valence-electron chi connectivity index (χ3n) is 5.15. The Kier molecular flexibility index (Phi) is 4.06. The Hall–Kier alpha value is -4.48. The molecule has 0 aliphatic heterocycles. The van der Waals surface area contributed by atoms with Gasteiger partial charge in [0.1, 0.15) is 11.4 Å². The van der Waals surface area contributed by atoms with Crippen molar-refractivity contribution in [3.63, 3.8) is 0 Å². The number of fused-ring (bicyclic) bond motifs is 2. The smallest absolute Gasteiger partial charge is 0.439 e. The van der Waals surface area contributed by atoms with Crippen molar-refractivity contribution in [1.82, 2.24) is 29.8 Å². The van der Waals surface area contributed by atoms with Gasteiger partial charge in [-0.15, -0.1) is 0 Å². The lowest BCUT2D eigenvalue weighted by Crippen LogP contribution is -2.28. The minimum atomic E-state index is -1.33. The van der Waals surface area contributed by atoms with Gasteiger partial charge in [-0.1, -0.05) is 17.3 Å². The van der Waals surface area contributed by atoms with E-state index in [9.17, 15) is 24.6 Å². The van der Waals surface area contributed by atoms with Crippen LogP contribution in [0.2, 0.25) is 0 Å². The molecule has 1 atom stereocenters. The van der Waals surface area contributed by atoms with Crippen molar-refractivity contribution >= 4 is 17.7 Å². The number of aromatic hydroxyl groups is 1. The molecular weight excluding hydrogens is 408 g/mol. The summed E-state index contributed by atoms with van der Waals surface area (Å²) in [6, 6.07) is 6.26. The summed E-state index contributed by atoms with van der Waals surface area (Å²) in [4.78, 5) is 45.9. The van der Waals surface area contributed by atoms with Gasteiger partial charge in [0, 0.05) is 11.6 Å². The van der Waals surface area contributed by atoms with Crippen LogP contribution in [0.4, 0.5) is 0 Å². The second kappa shape index (κ2) is 6.79. The van der Waals surface area contributed by atoms with Crippen molar-refractivity contribution in [3.05, 3.63) is 63.5 Å². The van der Waals surface area contributed by atoms with Gasteiger partial charge < -0.3 is 15.5 Å². The van der Waals surface area contributed by atoms with Crippen LogP contribution in [0.15, 0.2) is 39.8 Å². The number of rotatable bonds is 4. The van der Waals surface area contributed by atoms with Crippen LogP contribution in [0.25, 0.3) is 17.2 Å². The van der Waals surface area contributed by atoms with E-state index >= 15 is 0 Å². The van der Waals surface area contributed by atoms with Gasteiger partial charge in [0.25, 0.3) is 5.91 Å². The minimum Gasteiger partial charge on any atom is -0.493 e. The van der Waals surface area contributed by atoms with Crippen LogP contribution >= 0.6 is 0 Å². The van der Waals surface area contributed by atoms with Crippen molar-refractivity contribution < 1.29 is 24.3 Å². The van der Waals surface area contributed by atoms with E-state index in [4.69, 9.17) is 0 Å². The zero-order valence-electron chi connectivity index (χ0n) is 15.7. The lowest BCUT2D eigenvalue weighted by molar-refractivity contribution is 0.0687. The molecule has 1 aliphatic rings. The summed E-state index contributed by atoms with van der Waals surface area (Å²) in [7, 11) is 0. The van der Waals surface area contributed by atoms with E-state index in [0.717, 1.165) is 27.8 Å². The van der Waals surface area contributed by atoms with Crippen molar-refractivity contribution in [3.8, 4) is 17.3 Å². The quantitative estimate of drug-likeness (QED) is 0.372. The fraction of sp³-hybridized carbons (Fsp3) is 0.158. The number of aryl methyl sites for hydroxylation is 1. The van der Waals surface area contributed by atoms with E-state index in [1.54, 1.807) is 6.07 Å². The number of aromatic carboxylic acids is 1. The zero-order chi connectivity index (χ0) is 21.7. The van der Waals surface area contributed by atoms with E-state index in [1.807, 2.05) is 12.1 Å². The number of amides is 1. The molecule has 0 fully saturated rings. The first-order valence-corrected chi connectivity index (χ1v) is 9.21. The number of carboxylic acid groups (broad SMARTS) is 1. The fourth-order valence-electron chi connectivity index (χ4n) is 3.75. The molecule has 1 aromatic carbocycles. The fourth-order valence-corrected chi connectivity index (χ4v) is 3.75. The second-order valence-corrected chi connectivity index (χ2v) is 7.01. The maximum atomic E-state index is 12.8. The summed E-state index contributed by atoms with van der Waals surface area (Å²) in [5, 5.41) is 25.7. The Bertz CT molecular complexity index is 1420. The van der Waals surface area contributed by atoms with Gasteiger partial charge in [-0.2, -0.15) is 0 Å². The lowest BCUT2D eigenvalue weighted by atomic mass is 10.0. The highest BCUT2D eigenvalue weighted by atomic mass is 16.5. The monoisotopic (exact) mass is 422 g/mol. The largest absolute Gasteiger partial charge is 0.493 e. The number of aromatic nitrogens is 5. The normalized spacial score (nSPS) is 15.2. The molecule has 12 heteroatoms. The number of carboxylic acids is 1. The molecule has 0 saturated heterocycles. The molecule has 1 amide bonds. The van der Waals surface area contributed by atoms with E-state index in [-0.39, 0.29) is 29.1 Å². The average molecular weight is 422 g/mol. The molecule has 0 bridgehead atoms. The molecule has 0 spiro atoms. The third-order valence-corrected chi connectivity index (χ3v) is 5.15. The standard InChI is InChI=1S/C19H14N6O6/c26-14-7-20-18-22-12(6-13(17(28)29)25(14)18)16(27)21-11-4-2-8-5-9(1-3-10(8)11)15-23-19(30)31-24-15/h1,3,5-7,11,26H,2,4H2,(H,21,27)(H,28,29)(H,23,24,30)/t11-/m0/s1. The van der Waals surface area contributed by atoms with Gasteiger partial charge in [0.2, 0.25) is 11.7 Å². The van der Waals surface area contributed by atoms with Gasteiger partial charge in [0.05, 0.1) is 12.2 Å². The van der Waals surface area contributed by atoms with Crippen LogP contribution in [-0.2, 0) is 6.42 Å². The molecule has 0 radical (unpaired) electrons. The summed E-state index contributed by atoms with van der Waals surface area (Å²) in [5.41, 5.74) is 2.12. The Morgan fingerprint density at radius 3 is 2.87 bits per heavy atom. The summed E-state index contributed by atoms with van der Waals surface area (Å²) < 4.78 is 5.47. The molecule has 4 N–H and O–H groups in total. The number of carbonyl (C=O) groups is 2. The second-order valence-electron chi connectivity index (χ2n) is 7.01. The first kappa shape index (κ1) is 18.5. The number of hydrogen-bond acceptors (Lipinski definition) is 8. The number of carbonyl (C=O) groups excluding carboxylic acids is 1. The number of nitrogens with zero attached hydrogens (tertiary/aromatic N) is 4. The molecular formula is C19H14N6O6. The molecule has 31 heavy (non-hydrogen) atoms. The summed E-state index contributed by atoms with van der Waals surface area (Å²) in [5.74, 6) is -2.70. The number of aromatic amines is 1. The maximum absolute atomic E-state index is 12.8. The number of imidazole rings is 1. The van der Waals surface area contributed by atoms with E-state index in [2.05, 4.69) is 29.9 Å². The van der Waals surface area contributed by atoms with Gasteiger partial charge in [-0.25, -0.2) is 24.0 Å². The minimum absolute atomic E-state index is 0.0966. The van der Waals surface area contributed by atoms with E-state index in [1.165, 1.54) is 0 Å². The van der Waals surface area contributed by atoms with Gasteiger partial charge in [-0.05, 0) is 30.0 Å². The highest BCUT2D eigenvalue weighted by Crippen LogP contribution is 2.33. The summed E-state index contributed by atoms with van der Waals surface area (Å²) in [6.45, 7) is 0. The van der Waals surface area contributed by atoms with Crippen LogP contribution in [0.5, 0.6) is 5.88 Å². The Morgan fingerprint density at radius 1 is 1.29 bits per heavy atom. The van der Waals surface area contributed by atoms with Gasteiger partial charge in [-0.3, -0.25) is 14.3 Å². The number of benzene rings is 1. The zero-order valence-corrected chi connectivity index (χ0v) is 15.7. The molecule has 4 aromatic rings. The number of H-pyrrole nitrogens is 1. The Labute approximate surface area is 172 Å². The highest BCUT2D eigenvalue weighted by molar-refractivity contribution is 5.96. The Balaban J connectivity index is 1.42. The SMILES string of the molecule is O=C(N[C@H]1CCc2cc(-c3noc(=O)[nH]3)ccc21)c1cc(C(=O)O)n2c(O)cnc2n1. The maximum Gasteiger partial charge on any atom is 0.439 e. The van der Waals surface area contributed by atoms with Crippen molar-refractivity contribution in [2.75, 3.05) is 0 Å². The average Bonchev–Trinajstić information content (AvgIpc) is 3.46. The van der Waals surface area contributed by atoms with Crippen LogP contribution in [0.3, 0.4) is 0 Å². The summed E-state index contributed by atoms with van der Waals surface area (Å²) >= 11 is 0. The molecule has 3 aromatic heterocycles. The van der Waals surface area contributed by atoms with Crippen LogP contribution in [-0.4, -0.2) is 46.6 Å². The van der Waals surface area contributed by atoms with E-state index in [0.29, 0.717) is 24.2 Å². The predicted octanol–water partition coefficient (Wildman–Crippen LogP) is 0.894. The highest BCUT2D eigenvalue weighted by Gasteiger charge is 2.27. The Morgan fingerprint density at radius 2 is 2.13 bits per heavy atom. The van der Waals surface area contributed by atoms with E-state index < -0.39 is 17.6 Å². The lowest BCUT2D eigenvalue weighted by Gasteiger charge is -2.14. The topological polar surface area (TPSA) is 176 Å².